The van der Waals surface area contributed by atoms with Crippen molar-refractivity contribution >= 4 is 28.7 Å². The summed E-state index contributed by atoms with van der Waals surface area (Å²) in [5.74, 6) is 1.66. The van der Waals surface area contributed by atoms with Gasteiger partial charge >= 0.3 is 0 Å². The van der Waals surface area contributed by atoms with Crippen molar-refractivity contribution < 1.29 is 4.79 Å². The zero-order valence-corrected chi connectivity index (χ0v) is 16.4. The molecule has 8 heteroatoms. The number of fused-ring (bicyclic) bond motifs is 1. The van der Waals surface area contributed by atoms with E-state index in [1.54, 1.807) is 0 Å². The molecule has 7 nitrogen and oxygen atoms in total. The maximum absolute atomic E-state index is 12.4. The number of aromatic nitrogens is 5. The molecule has 0 radical (unpaired) electrons. The fourth-order valence-corrected chi connectivity index (χ4v) is 3.67. The second kappa shape index (κ2) is 7.85. The number of hydrogen-bond donors (Lipinski definition) is 2. The fourth-order valence-electron chi connectivity index (χ4n) is 3.07. The van der Waals surface area contributed by atoms with Gasteiger partial charge in [0.25, 0.3) is 0 Å². The third-order valence-corrected chi connectivity index (χ3v) is 5.28. The number of hydrogen-bond acceptors (Lipinski definition) is 5. The number of benzene rings is 2. The number of carbonyl (C=O) groups excluding carboxylic acids is 1. The van der Waals surface area contributed by atoms with E-state index in [1.807, 2.05) is 73.1 Å². The van der Waals surface area contributed by atoms with Gasteiger partial charge in [-0.3, -0.25) is 9.89 Å². The van der Waals surface area contributed by atoms with Crippen molar-refractivity contribution in [1.82, 2.24) is 30.0 Å². The molecule has 142 valence electrons. The zero-order valence-electron chi connectivity index (χ0n) is 15.6. The van der Waals surface area contributed by atoms with E-state index in [4.69, 9.17) is 0 Å². The van der Waals surface area contributed by atoms with Gasteiger partial charge in [0.15, 0.2) is 5.82 Å². The van der Waals surface area contributed by atoms with Gasteiger partial charge in [0.1, 0.15) is 5.82 Å². The summed E-state index contributed by atoms with van der Waals surface area (Å²) in [5, 5.41) is 10.6. The molecule has 2 aromatic heterocycles. The van der Waals surface area contributed by atoms with Gasteiger partial charge in [-0.2, -0.15) is 0 Å². The molecule has 0 bridgehead atoms. The van der Waals surface area contributed by atoms with E-state index in [9.17, 15) is 4.79 Å². The summed E-state index contributed by atoms with van der Waals surface area (Å²) >= 11 is 1.30. The van der Waals surface area contributed by atoms with Crippen molar-refractivity contribution in [3.05, 3.63) is 60.4 Å². The number of thioether (sulfide) groups is 1. The topological polar surface area (TPSA) is 88.5 Å². The average Bonchev–Trinajstić information content (AvgIpc) is 3.32. The molecular formula is C20H20N6OS. The Kier molecular flexibility index (Phi) is 5.12. The second-order valence-electron chi connectivity index (χ2n) is 6.43. The minimum atomic E-state index is -0.197. The van der Waals surface area contributed by atoms with Gasteiger partial charge in [0, 0.05) is 12.6 Å². The number of para-hydroxylation sites is 2. The van der Waals surface area contributed by atoms with Crippen LogP contribution < -0.4 is 5.32 Å². The summed E-state index contributed by atoms with van der Waals surface area (Å²) < 4.78 is 2.01. The van der Waals surface area contributed by atoms with E-state index in [-0.39, 0.29) is 17.7 Å². The number of imidazole rings is 1. The Hall–Kier alpha value is -3.13. The smallest absolute Gasteiger partial charge is 0.231 e. The summed E-state index contributed by atoms with van der Waals surface area (Å²) in [7, 11) is 1.96. The molecule has 0 aliphatic rings. The predicted molar refractivity (Wildman–Crippen MR) is 110 cm³/mol. The molecule has 4 rings (SSSR count). The van der Waals surface area contributed by atoms with Gasteiger partial charge in [0.2, 0.25) is 11.1 Å². The second-order valence-corrected chi connectivity index (χ2v) is 7.37. The van der Waals surface area contributed by atoms with Crippen molar-refractivity contribution in [3.8, 4) is 11.4 Å². The van der Waals surface area contributed by atoms with E-state index in [1.165, 1.54) is 11.8 Å². The highest BCUT2D eigenvalue weighted by molar-refractivity contribution is 7.99. The van der Waals surface area contributed by atoms with Crippen LogP contribution in [-0.2, 0) is 11.8 Å². The predicted octanol–water partition coefficient (Wildman–Crippen LogP) is 3.33. The molecule has 0 saturated carbocycles. The maximum atomic E-state index is 12.4. The molecule has 0 aliphatic heterocycles. The largest absolute Gasteiger partial charge is 0.346 e. The Labute approximate surface area is 166 Å². The van der Waals surface area contributed by atoms with Crippen LogP contribution in [0.2, 0.25) is 0 Å². The molecule has 1 amide bonds. The SMILES string of the molecule is C[C@H](NC(=O)CSc1n[nH]c(-c2ccccc2)n1)c1nc2ccccc2n1C. The molecule has 1 atom stereocenters. The molecule has 28 heavy (non-hydrogen) atoms. The van der Waals surface area contributed by atoms with E-state index in [0.717, 1.165) is 22.4 Å². The van der Waals surface area contributed by atoms with Crippen molar-refractivity contribution in [2.75, 3.05) is 5.75 Å². The van der Waals surface area contributed by atoms with E-state index in [2.05, 4.69) is 25.5 Å². The van der Waals surface area contributed by atoms with Crippen molar-refractivity contribution in [2.45, 2.75) is 18.1 Å². The fraction of sp³-hybridized carbons (Fsp3) is 0.200. The Morgan fingerprint density at radius 2 is 1.89 bits per heavy atom. The van der Waals surface area contributed by atoms with E-state index < -0.39 is 0 Å². The van der Waals surface area contributed by atoms with Crippen molar-refractivity contribution in [3.63, 3.8) is 0 Å². The van der Waals surface area contributed by atoms with Gasteiger partial charge in [0.05, 0.1) is 22.8 Å². The first kappa shape index (κ1) is 18.2. The number of nitrogens with one attached hydrogen (secondary N) is 2. The van der Waals surface area contributed by atoms with Crippen LogP contribution in [0.4, 0.5) is 0 Å². The van der Waals surface area contributed by atoms with Crippen LogP contribution >= 0.6 is 11.8 Å². The van der Waals surface area contributed by atoms with Crippen LogP contribution in [0.1, 0.15) is 18.8 Å². The molecule has 0 saturated heterocycles. The number of amides is 1. The Bertz CT molecular complexity index is 1100. The lowest BCUT2D eigenvalue weighted by Crippen LogP contribution is -2.29. The lowest BCUT2D eigenvalue weighted by molar-refractivity contribution is -0.119. The summed E-state index contributed by atoms with van der Waals surface area (Å²) in [5.41, 5.74) is 2.92. The molecule has 0 spiro atoms. The van der Waals surface area contributed by atoms with Crippen LogP contribution in [0.5, 0.6) is 0 Å². The van der Waals surface area contributed by atoms with Gasteiger partial charge in [-0.05, 0) is 19.1 Å². The molecule has 2 N–H and O–H groups in total. The first-order valence-corrected chi connectivity index (χ1v) is 9.91. The normalized spacial score (nSPS) is 12.2. The minimum Gasteiger partial charge on any atom is -0.346 e. The molecule has 2 heterocycles. The van der Waals surface area contributed by atoms with E-state index >= 15 is 0 Å². The van der Waals surface area contributed by atoms with Crippen LogP contribution in [0, 0.1) is 0 Å². The number of rotatable bonds is 6. The number of carbonyl (C=O) groups is 1. The van der Waals surface area contributed by atoms with Gasteiger partial charge in [-0.25, -0.2) is 9.97 Å². The maximum Gasteiger partial charge on any atom is 0.231 e. The minimum absolute atomic E-state index is 0.0874. The van der Waals surface area contributed by atoms with Gasteiger partial charge in [-0.15, -0.1) is 5.10 Å². The quantitative estimate of drug-likeness (QED) is 0.492. The molecule has 0 aliphatic carbocycles. The Balaban J connectivity index is 1.36. The zero-order chi connectivity index (χ0) is 19.5. The highest BCUT2D eigenvalue weighted by atomic mass is 32.2. The summed E-state index contributed by atoms with van der Waals surface area (Å²) in [6.07, 6.45) is 0. The standard InChI is InChI=1S/C20H20N6OS/c1-13(19-22-15-10-6-7-11-16(15)26(19)2)21-17(27)12-28-20-23-18(24-25-20)14-8-4-3-5-9-14/h3-11,13H,12H2,1-2H3,(H,21,27)(H,23,24,25)/t13-/m0/s1. The van der Waals surface area contributed by atoms with Gasteiger partial charge in [-0.1, -0.05) is 54.2 Å². The van der Waals surface area contributed by atoms with Crippen LogP contribution in [0.3, 0.4) is 0 Å². The van der Waals surface area contributed by atoms with Crippen LogP contribution in [-0.4, -0.2) is 36.4 Å². The molecule has 0 fully saturated rings. The van der Waals surface area contributed by atoms with Crippen LogP contribution in [0.15, 0.2) is 59.8 Å². The number of H-pyrrole nitrogens is 1. The average molecular weight is 392 g/mol. The molecular weight excluding hydrogens is 372 g/mol. The molecule has 0 unspecified atom stereocenters. The van der Waals surface area contributed by atoms with Crippen LogP contribution in [0.25, 0.3) is 22.4 Å². The first-order chi connectivity index (χ1) is 13.6. The lowest BCUT2D eigenvalue weighted by atomic mass is 10.2. The third-order valence-electron chi connectivity index (χ3n) is 4.43. The Morgan fingerprint density at radius 1 is 1.14 bits per heavy atom. The number of aromatic amines is 1. The molecule has 4 aromatic rings. The van der Waals surface area contributed by atoms with E-state index in [0.29, 0.717) is 11.0 Å². The summed E-state index contributed by atoms with van der Waals surface area (Å²) in [6.45, 7) is 1.93. The van der Waals surface area contributed by atoms with Crippen molar-refractivity contribution in [1.29, 1.82) is 0 Å². The first-order valence-electron chi connectivity index (χ1n) is 8.93. The monoisotopic (exact) mass is 392 g/mol. The number of aryl methyl sites for hydroxylation is 1. The third kappa shape index (κ3) is 3.77. The lowest BCUT2D eigenvalue weighted by Gasteiger charge is -2.13. The Morgan fingerprint density at radius 3 is 2.68 bits per heavy atom. The summed E-state index contributed by atoms with van der Waals surface area (Å²) in [6, 6.07) is 17.5. The van der Waals surface area contributed by atoms with Gasteiger partial charge < -0.3 is 9.88 Å². The molecule has 2 aromatic carbocycles. The highest BCUT2D eigenvalue weighted by Gasteiger charge is 2.17. The van der Waals surface area contributed by atoms with Crippen molar-refractivity contribution in [2.24, 2.45) is 7.05 Å². The number of nitrogens with zero attached hydrogens (tertiary/aromatic N) is 4. The summed E-state index contributed by atoms with van der Waals surface area (Å²) in [4.78, 5) is 21.4. The highest BCUT2D eigenvalue weighted by Crippen LogP contribution is 2.21.